The molecule has 0 heterocycles. The Kier molecular flexibility index (Phi) is 9.88. The van der Waals surface area contributed by atoms with Crippen molar-refractivity contribution in [1.29, 1.82) is 0 Å². The molecule has 0 spiro atoms. The van der Waals surface area contributed by atoms with Gasteiger partial charge in [0, 0.05) is 11.5 Å². The number of rotatable bonds is 7. The van der Waals surface area contributed by atoms with E-state index < -0.39 is 0 Å². The van der Waals surface area contributed by atoms with Crippen LogP contribution in [0.15, 0.2) is 12.2 Å². The van der Waals surface area contributed by atoms with Crippen LogP contribution in [0.4, 0.5) is 0 Å². The molecule has 2 heteroatoms. The molecule has 0 N–H and O–H groups in total. The second-order valence-electron chi connectivity index (χ2n) is 3.17. The van der Waals surface area contributed by atoms with Gasteiger partial charge >= 0.3 is 0 Å². The molecule has 0 amide bonds. The quantitative estimate of drug-likeness (QED) is 0.343. The van der Waals surface area contributed by atoms with Gasteiger partial charge in [0.15, 0.2) is 0 Å². The molecule has 0 unspecified atom stereocenters. The van der Waals surface area contributed by atoms with Crippen LogP contribution in [0.1, 0.15) is 33.6 Å². The Morgan fingerprint density at radius 2 is 1.92 bits per heavy atom. The fraction of sp³-hybridized carbons (Fsp3) is 0.800. The lowest BCUT2D eigenvalue weighted by Crippen LogP contribution is -1.87. The van der Waals surface area contributed by atoms with Crippen molar-refractivity contribution < 1.29 is 0 Å². The first-order chi connectivity index (χ1) is 5.77. The van der Waals surface area contributed by atoms with Crippen molar-refractivity contribution in [3.8, 4) is 0 Å². The largest absolute Gasteiger partial charge is 0.0939 e. The van der Waals surface area contributed by atoms with Crippen LogP contribution < -0.4 is 0 Å². The lowest BCUT2D eigenvalue weighted by atomic mass is 10.3. The molecule has 0 saturated heterocycles. The number of allylic oxidation sites excluding steroid dienone is 2. The smallest absolute Gasteiger partial charge is 0.00715 e. The van der Waals surface area contributed by atoms with Crippen molar-refractivity contribution in [3.05, 3.63) is 12.2 Å². The third kappa shape index (κ3) is 10.4. The molecule has 72 valence electrons. The molecule has 0 aromatic rings. The van der Waals surface area contributed by atoms with Gasteiger partial charge in [-0.25, -0.2) is 0 Å². The van der Waals surface area contributed by atoms with Gasteiger partial charge in [-0.3, -0.25) is 0 Å². The Morgan fingerprint density at radius 3 is 2.50 bits per heavy atom. The van der Waals surface area contributed by atoms with Crippen LogP contribution in [-0.2, 0) is 0 Å². The molecule has 0 radical (unpaired) electrons. The maximum absolute atomic E-state index is 2.28. The highest BCUT2D eigenvalue weighted by molar-refractivity contribution is 8.76. The molecule has 0 aromatic carbocycles. The zero-order valence-electron chi connectivity index (χ0n) is 8.38. The van der Waals surface area contributed by atoms with E-state index in [9.17, 15) is 0 Å². The minimum Gasteiger partial charge on any atom is -0.0939 e. The third-order valence-electron chi connectivity index (χ3n) is 1.25. The normalized spacial score (nSPS) is 11.7. The predicted molar refractivity (Wildman–Crippen MR) is 63.8 cm³/mol. The minimum absolute atomic E-state index is 0.827. The van der Waals surface area contributed by atoms with E-state index in [1.165, 1.54) is 24.3 Å². The highest BCUT2D eigenvalue weighted by Crippen LogP contribution is 2.24. The fourth-order valence-corrected chi connectivity index (χ4v) is 3.11. The predicted octanol–water partition coefficient (Wildman–Crippen LogP) is 4.38. The Labute approximate surface area is 85.0 Å². The van der Waals surface area contributed by atoms with Crippen molar-refractivity contribution in [2.45, 2.75) is 33.6 Å². The highest BCUT2D eigenvalue weighted by Gasteiger charge is 1.93. The summed E-state index contributed by atoms with van der Waals surface area (Å²) >= 11 is 0. The van der Waals surface area contributed by atoms with Gasteiger partial charge < -0.3 is 0 Å². The zero-order chi connectivity index (χ0) is 9.23. The average Bonchev–Trinajstić information content (AvgIpc) is 2.02. The van der Waals surface area contributed by atoms with Gasteiger partial charge in [-0.1, -0.05) is 54.5 Å². The molecule has 0 nitrogen and oxygen atoms in total. The van der Waals surface area contributed by atoms with E-state index in [1.807, 2.05) is 21.6 Å². The van der Waals surface area contributed by atoms with Crippen molar-refractivity contribution >= 4 is 21.6 Å². The number of hydrogen-bond donors (Lipinski definition) is 0. The van der Waals surface area contributed by atoms with Crippen LogP contribution in [0.5, 0.6) is 0 Å². The van der Waals surface area contributed by atoms with Crippen LogP contribution in [0.3, 0.4) is 0 Å². The standard InChI is InChI=1S/C10H20S2/c1-4-5-6-7-8-11-12-9-10(2)3/h5-6,10H,4,7-9H2,1-3H3/b6-5-. The van der Waals surface area contributed by atoms with E-state index in [0.29, 0.717) is 0 Å². The van der Waals surface area contributed by atoms with Crippen LogP contribution in [-0.4, -0.2) is 11.5 Å². The molecule has 12 heavy (non-hydrogen) atoms. The molecule has 0 rings (SSSR count). The summed E-state index contributed by atoms with van der Waals surface area (Å²) in [5.74, 6) is 3.37. The van der Waals surface area contributed by atoms with Crippen molar-refractivity contribution in [2.75, 3.05) is 11.5 Å². The Hall–Kier alpha value is 0.440. The van der Waals surface area contributed by atoms with E-state index in [-0.39, 0.29) is 0 Å². The fourth-order valence-electron chi connectivity index (χ4n) is 0.644. The summed E-state index contributed by atoms with van der Waals surface area (Å²) in [4.78, 5) is 0. The molecule has 0 aliphatic rings. The molecule has 0 bridgehead atoms. The lowest BCUT2D eigenvalue weighted by Gasteiger charge is -2.01. The third-order valence-corrected chi connectivity index (χ3v) is 4.03. The van der Waals surface area contributed by atoms with Crippen molar-refractivity contribution in [3.63, 3.8) is 0 Å². The van der Waals surface area contributed by atoms with Crippen LogP contribution >= 0.6 is 21.6 Å². The Bertz CT molecular complexity index is 108. The SMILES string of the molecule is CC/C=C\CCSSCC(C)C. The first-order valence-electron chi connectivity index (χ1n) is 4.66. The summed E-state index contributed by atoms with van der Waals surface area (Å²) in [6.45, 7) is 6.71. The van der Waals surface area contributed by atoms with Gasteiger partial charge in [0.2, 0.25) is 0 Å². The second-order valence-corrected chi connectivity index (χ2v) is 5.80. The van der Waals surface area contributed by atoms with Crippen LogP contribution in [0.25, 0.3) is 0 Å². The summed E-state index contributed by atoms with van der Waals surface area (Å²) in [7, 11) is 4.00. The monoisotopic (exact) mass is 204 g/mol. The minimum atomic E-state index is 0.827. The van der Waals surface area contributed by atoms with E-state index >= 15 is 0 Å². The summed E-state index contributed by atoms with van der Waals surface area (Å²) in [5, 5.41) is 0. The van der Waals surface area contributed by atoms with Gasteiger partial charge in [0.25, 0.3) is 0 Å². The summed E-state index contributed by atoms with van der Waals surface area (Å²) in [6.07, 6.45) is 6.92. The van der Waals surface area contributed by atoms with E-state index in [4.69, 9.17) is 0 Å². The lowest BCUT2D eigenvalue weighted by molar-refractivity contribution is 0.752. The Balaban J connectivity index is 2.96. The first kappa shape index (κ1) is 12.4. The maximum Gasteiger partial charge on any atom is 0.00715 e. The molecule has 0 aromatic heterocycles. The van der Waals surface area contributed by atoms with E-state index in [0.717, 1.165) is 5.92 Å². The van der Waals surface area contributed by atoms with Crippen LogP contribution in [0, 0.1) is 5.92 Å². The van der Waals surface area contributed by atoms with Gasteiger partial charge in [-0.2, -0.15) is 0 Å². The summed E-state index contributed by atoms with van der Waals surface area (Å²) < 4.78 is 0. The molecule has 0 aliphatic heterocycles. The van der Waals surface area contributed by atoms with Crippen molar-refractivity contribution in [1.82, 2.24) is 0 Å². The van der Waals surface area contributed by atoms with Crippen LogP contribution in [0.2, 0.25) is 0 Å². The van der Waals surface area contributed by atoms with E-state index in [2.05, 4.69) is 32.9 Å². The number of hydrogen-bond acceptors (Lipinski definition) is 2. The molecule has 0 atom stereocenters. The molecule has 0 aliphatic carbocycles. The average molecular weight is 204 g/mol. The van der Waals surface area contributed by atoms with E-state index in [1.54, 1.807) is 0 Å². The first-order valence-corrected chi connectivity index (χ1v) is 7.15. The van der Waals surface area contributed by atoms with Gasteiger partial charge in [0.05, 0.1) is 0 Å². The molecule has 0 saturated carbocycles. The molecular weight excluding hydrogens is 184 g/mol. The van der Waals surface area contributed by atoms with Gasteiger partial charge in [-0.15, -0.1) is 0 Å². The highest BCUT2D eigenvalue weighted by atomic mass is 33.1. The zero-order valence-corrected chi connectivity index (χ0v) is 10.0. The van der Waals surface area contributed by atoms with Gasteiger partial charge in [0.1, 0.15) is 0 Å². The maximum atomic E-state index is 2.28. The molecular formula is C10H20S2. The van der Waals surface area contributed by atoms with Crippen molar-refractivity contribution in [2.24, 2.45) is 5.92 Å². The second kappa shape index (κ2) is 9.53. The molecule has 0 fully saturated rings. The Morgan fingerprint density at radius 1 is 1.17 bits per heavy atom. The van der Waals surface area contributed by atoms with Gasteiger partial charge in [-0.05, 0) is 18.8 Å². The topological polar surface area (TPSA) is 0 Å². The summed E-state index contributed by atoms with van der Waals surface area (Å²) in [5.41, 5.74) is 0. The summed E-state index contributed by atoms with van der Waals surface area (Å²) in [6, 6.07) is 0.